The standard InChI is InChI=1S/C23H28ClNO4S/c1-2-29-23(26)16-22(20-10-6-7-11-21(20)24)25-30(27,28)19-14-12-18(13-15-19)17-8-4-3-5-9-17/h6-7,10-15,17,22,25H,2-5,8-9,16H2,1H3. The Kier molecular flexibility index (Phi) is 7.92. The zero-order valence-corrected chi connectivity index (χ0v) is 18.7. The lowest BCUT2D eigenvalue weighted by atomic mass is 9.84. The molecule has 30 heavy (non-hydrogen) atoms. The third-order valence-corrected chi connectivity index (χ3v) is 7.35. The molecule has 0 saturated heterocycles. The topological polar surface area (TPSA) is 72.5 Å². The van der Waals surface area contributed by atoms with Gasteiger partial charge in [0.05, 0.1) is 24.0 Å². The summed E-state index contributed by atoms with van der Waals surface area (Å²) in [5.41, 5.74) is 1.72. The number of halogens is 1. The van der Waals surface area contributed by atoms with Crippen LogP contribution in [0.4, 0.5) is 0 Å². The summed E-state index contributed by atoms with van der Waals surface area (Å²) in [6.45, 7) is 1.93. The second kappa shape index (κ2) is 10.4. The highest BCUT2D eigenvalue weighted by atomic mass is 35.5. The Hall–Kier alpha value is -1.89. The van der Waals surface area contributed by atoms with Gasteiger partial charge in [-0.1, -0.05) is 61.2 Å². The molecule has 1 unspecified atom stereocenters. The zero-order chi connectivity index (χ0) is 21.6. The largest absolute Gasteiger partial charge is 0.466 e. The van der Waals surface area contributed by atoms with Crippen LogP contribution in [0.2, 0.25) is 5.02 Å². The summed E-state index contributed by atoms with van der Waals surface area (Å²) < 4.78 is 33.8. The number of hydrogen-bond donors (Lipinski definition) is 1. The molecule has 3 rings (SSSR count). The van der Waals surface area contributed by atoms with Crippen LogP contribution >= 0.6 is 11.6 Å². The average molecular weight is 450 g/mol. The molecule has 162 valence electrons. The summed E-state index contributed by atoms with van der Waals surface area (Å²) in [4.78, 5) is 12.2. The van der Waals surface area contributed by atoms with Crippen LogP contribution in [0.1, 0.15) is 68.5 Å². The molecule has 2 aromatic rings. The highest BCUT2D eigenvalue weighted by Gasteiger charge is 2.26. The molecule has 1 fully saturated rings. The molecular formula is C23H28ClNO4S. The number of carbonyl (C=O) groups excluding carboxylic acids is 1. The number of carbonyl (C=O) groups is 1. The molecule has 1 saturated carbocycles. The number of esters is 1. The fourth-order valence-corrected chi connectivity index (χ4v) is 5.45. The monoisotopic (exact) mass is 449 g/mol. The Morgan fingerprint density at radius 3 is 2.40 bits per heavy atom. The van der Waals surface area contributed by atoms with Crippen molar-refractivity contribution in [2.45, 2.75) is 62.3 Å². The van der Waals surface area contributed by atoms with E-state index in [1.54, 1.807) is 43.3 Å². The van der Waals surface area contributed by atoms with Crippen LogP contribution in [0.25, 0.3) is 0 Å². The minimum atomic E-state index is -3.85. The molecule has 7 heteroatoms. The maximum absolute atomic E-state index is 13.0. The third kappa shape index (κ3) is 5.84. The first-order valence-corrected chi connectivity index (χ1v) is 12.3. The van der Waals surface area contributed by atoms with Crippen LogP contribution in [0.5, 0.6) is 0 Å². The van der Waals surface area contributed by atoms with Crippen LogP contribution in [0.3, 0.4) is 0 Å². The average Bonchev–Trinajstić information content (AvgIpc) is 2.74. The molecule has 1 aliphatic carbocycles. The number of sulfonamides is 1. The Morgan fingerprint density at radius 2 is 1.77 bits per heavy atom. The molecule has 0 aliphatic heterocycles. The fraction of sp³-hybridized carbons (Fsp3) is 0.435. The molecule has 5 nitrogen and oxygen atoms in total. The maximum atomic E-state index is 13.0. The van der Waals surface area contributed by atoms with Crippen molar-refractivity contribution in [3.63, 3.8) is 0 Å². The Labute approximate surface area is 183 Å². The van der Waals surface area contributed by atoms with Gasteiger partial charge in [-0.2, -0.15) is 0 Å². The molecule has 1 atom stereocenters. The minimum Gasteiger partial charge on any atom is -0.466 e. The van der Waals surface area contributed by atoms with E-state index in [0.29, 0.717) is 16.5 Å². The van der Waals surface area contributed by atoms with Crippen molar-refractivity contribution in [2.24, 2.45) is 0 Å². The number of nitrogens with one attached hydrogen (secondary N) is 1. The van der Waals surface area contributed by atoms with E-state index < -0.39 is 22.0 Å². The molecule has 0 amide bonds. The molecule has 0 spiro atoms. The van der Waals surface area contributed by atoms with Gasteiger partial charge in [0.1, 0.15) is 0 Å². The third-order valence-electron chi connectivity index (χ3n) is 5.52. The summed E-state index contributed by atoms with van der Waals surface area (Å²) in [5, 5.41) is 0.391. The predicted octanol–water partition coefficient (Wildman–Crippen LogP) is 5.36. The first-order valence-electron chi connectivity index (χ1n) is 10.4. The van der Waals surface area contributed by atoms with Crippen molar-refractivity contribution in [1.29, 1.82) is 0 Å². The summed E-state index contributed by atoms with van der Waals surface area (Å²) in [6.07, 6.45) is 5.88. The summed E-state index contributed by atoms with van der Waals surface area (Å²) in [5.74, 6) is 0.0147. The normalized spacial score (nSPS) is 16.2. The summed E-state index contributed by atoms with van der Waals surface area (Å²) in [7, 11) is -3.85. The molecule has 1 N–H and O–H groups in total. The van der Waals surface area contributed by atoms with Crippen LogP contribution < -0.4 is 4.72 Å². The lowest BCUT2D eigenvalue weighted by molar-refractivity contribution is -0.143. The van der Waals surface area contributed by atoms with Gasteiger partial charge in [0, 0.05) is 5.02 Å². The van der Waals surface area contributed by atoms with E-state index >= 15 is 0 Å². The molecule has 1 aliphatic rings. The minimum absolute atomic E-state index is 0.142. The maximum Gasteiger partial charge on any atom is 0.307 e. The molecule has 2 aromatic carbocycles. The number of benzene rings is 2. The van der Waals surface area contributed by atoms with Crippen LogP contribution in [-0.4, -0.2) is 21.0 Å². The lowest BCUT2D eigenvalue weighted by Gasteiger charge is -2.22. The van der Waals surface area contributed by atoms with Crippen LogP contribution in [0, 0.1) is 0 Å². The van der Waals surface area contributed by atoms with Crippen molar-refractivity contribution < 1.29 is 17.9 Å². The van der Waals surface area contributed by atoms with Gasteiger partial charge in [-0.15, -0.1) is 0 Å². The number of ether oxygens (including phenoxy) is 1. The van der Waals surface area contributed by atoms with Crippen molar-refractivity contribution in [1.82, 2.24) is 4.72 Å². The highest BCUT2D eigenvalue weighted by molar-refractivity contribution is 7.89. The smallest absolute Gasteiger partial charge is 0.307 e. The fourth-order valence-electron chi connectivity index (χ4n) is 3.97. The quantitative estimate of drug-likeness (QED) is 0.550. The molecule has 0 radical (unpaired) electrons. The Balaban J connectivity index is 1.81. The van der Waals surface area contributed by atoms with Gasteiger partial charge in [0.25, 0.3) is 0 Å². The van der Waals surface area contributed by atoms with Gasteiger partial charge in [-0.25, -0.2) is 13.1 Å². The van der Waals surface area contributed by atoms with Gasteiger partial charge in [-0.3, -0.25) is 4.79 Å². The Bertz CT molecular complexity index is 953. The second-order valence-corrected chi connectivity index (χ2v) is 9.73. The van der Waals surface area contributed by atoms with E-state index in [-0.39, 0.29) is 17.9 Å². The van der Waals surface area contributed by atoms with Gasteiger partial charge < -0.3 is 4.74 Å². The summed E-state index contributed by atoms with van der Waals surface area (Å²) >= 11 is 6.27. The van der Waals surface area contributed by atoms with E-state index in [4.69, 9.17) is 16.3 Å². The van der Waals surface area contributed by atoms with E-state index in [9.17, 15) is 13.2 Å². The zero-order valence-electron chi connectivity index (χ0n) is 17.1. The van der Waals surface area contributed by atoms with Crippen LogP contribution in [0.15, 0.2) is 53.4 Å². The molecule has 0 aromatic heterocycles. The summed E-state index contributed by atoms with van der Waals surface area (Å²) in [6, 6.07) is 13.2. The predicted molar refractivity (Wildman–Crippen MR) is 118 cm³/mol. The van der Waals surface area contributed by atoms with Crippen LogP contribution in [-0.2, 0) is 19.6 Å². The van der Waals surface area contributed by atoms with Crippen molar-refractivity contribution in [3.8, 4) is 0 Å². The number of hydrogen-bond acceptors (Lipinski definition) is 4. The van der Waals surface area contributed by atoms with Crippen molar-refractivity contribution in [2.75, 3.05) is 6.61 Å². The Morgan fingerprint density at radius 1 is 1.10 bits per heavy atom. The van der Waals surface area contributed by atoms with E-state index in [0.717, 1.165) is 12.8 Å². The van der Waals surface area contributed by atoms with Gasteiger partial charge in [-0.05, 0) is 55.0 Å². The van der Waals surface area contributed by atoms with E-state index in [1.807, 2.05) is 12.1 Å². The first kappa shape index (κ1) is 22.8. The second-order valence-electron chi connectivity index (χ2n) is 7.61. The van der Waals surface area contributed by atoms with Gasteiger partial charge >= 0.3 is 5.97 Å². The van der Waals surface area contributed by atoms with E-state index in [2.05, 4.69) is 4.72 Å². The van der Waals surface area contributed by atoms with Crippen molar-refractivity contribution >= 4 is 27.6 Å². The van der Waals surface area contributed by atoms with Gasteiger partial charge in [0.15, 0.2) is 0 Å². The SMILES string of the molecule is CCOC(=O)CC(NS(=O)(=O)c1ccc(C2CCCCC2)cc1)c1ccccc1Cl. The van der Waals surface area contributed by atoms with E-state index in [1.165, 1.54) is 24.8 Å². The van der Waals surface area contributed by atoms with Gasteiger partial charge in [0.2, 0.25) is 10.0 Å². The molecule has 0 heterocycles. The molecule has 0 bridgehead atoms. The lowest BCUT2D eigenvalue weighted by Crippen LogP contribution is -2.31. The highest BCUT2D eigenvalue weighted by Crippen LogP contribution is 2.33. The number of rotatable bonds is 8. The first-order chi connectivity index (χ1) is 14.4. The van der Waals surface area contributed by atoms with Crippen molar-refractivity contribution in [3.05, 3.63) is 64.7 Å². The molecular weight excluding hydrogens is 422 g/mol.